The molecule has 7 heteroatoms. The van der Waals surface area contributed by atoms with Gasteiger partial charge in [-0.3, -0.25) is 4.79 Å². The lowest BCUT2D eigenvalue weighted by Crippen LogP contribution is -2.41. The van der Waals surface area contributed by atoms with E-state index in [2.05, 4.69) is 10.3 Å². The molecule has 0 bridgehead atoms. The normalized spacial score (nSPS) is 16.8. The maximum absolute atomic E-state index is 13.7. The number of benzene rings is 1. The molecule has 6 nitrogen and oxygen atoms in total. The first-order chi connectivity index (χ1) is 12.1. The van der Waals surface area contributed by atoms with Gasteiger partial charge in [-0.25, -0.2) is 9.07 Å². The second-order valence-electron chi connectivity index (χ2n) is 6.50. The first kappa shape index (κ1) is 17.5. The monoisotopic (exact) mass is 346 g/mol. The number of nitrogens with zero attached hydrogens (tertiary/aromatic N) is 4. The van der Waals surface area contributed by atoms with Crippen molar-refractivity contribution in [1.29, 1.82) is 0 Å². The highest BCUT2D eigenvalue weighted by Gasteiger charge is 2.28. The number of likely N-dealkylation sites (tertiary alicyclic amines) is 1. The van der Waals surface area contributed by atoms with Crippen LogP contribution < -0.4 is 0 Å². The number of aliphatic hydroxyl groups excluding tert-OH is 1. The van der Waals surface area contributed by atoms with Crippen LogP contribution in [0, 0.1) is 11.7 Å². The third kappa shape index (κ3) is 4.04. The zero-order valence-electron chi connectivity index (χ0n) is 14.3. The van der Waals surface area contributed by atoms with Gasteiger partial charge in [0.1, 0.15) is 5.82 Å². The molecular formula is C18H23FN4O2. The SMILES string of the molecule is CC[C@@H](O)C1CCN(C(=O)c2cn(Cc3ccccc3F)nn2)CC1. The lowest BCUT2D eigenvalue weighted by molar-refractivity contribution is 0.0450. The quantitative estimate of drug-likeness (QED) is 0.900. The molecule has 25 heavy (non-hydrogen) atoms. The number of hydrogen-bond acceptors (Lipinski definition) is 4. The van der Waals surface area contributed by atoms with Gasteiger partial charge in [0.15, 0.2) is 5.69 Å². The van der Waals surface area contributed by atoms with E-state index < -0.39 is 0 Å². The Morgan fingerprint density at radius 1 is 1.36 bits per heavy atom. The molecular weight excluding hydrogens is 323 g/mol. The van der Waals surface area contributed by atoms with E-state index in [1.807, 2.05) is 6.92 Å². The van der Waals surface area contributed by atoms with E-state index in [1.165, 1.54) is 10.7 Å². The van der Waals surface area contributed by atoms with Crippen molar-refractivity contribution in [3.05, 3.63) is 47.5 Å². The average Bonchev–Trinajstić information content (AvgIpc) is 3.11. The van der Waals surface area contributed by atoms with Gasteiger partial charge < -0.3 is 10.0 Å². The summed E-state index contributed by atoms with van der Waals surface area (Å²) >= 11 is 0. The largest absolute Gasteiger partial charge is 0.393 e. The predicted octanol–water partition coefficient (Wildman–Crippen LogP) is 2.09. The van der Waals surface area contributed by atoms with E-state index >= 15 is 0 Å². The number of carbonyl (C=O) groups is 1. The minimum atomic E-state index is -0.303. The number of aliphatic hydroxyl groups is 1. The second-order valence-corrected chi connectivity index (χ2v) is 6.50. The van der Waals surface area contributed by atoms with Crippen LogP contribution in [-0.4, -0.2) is 50.1 Å². The smallest absolute Gasteiger partial charge is 0.276 e. The minimum Gasteiger partial charge on any atom is -0.393 e. The van der Waals surface area contributed by atoms with Gasteiger partial charge in [-0.15, -0.1) is 5.10 Å². The molecule has 3 rings (SSSR count). The van der Waals surface area contributed by atoms with Gasteiger partial charge in [0, 0.05) is 18.7 Å². The standard InChI is InChI=1S/C18H23FN4O2/c1-2-17(24)13-7-9-22(10-8-13)18(25)16-12-23(21-20-16)11-14-5-3-4-6-15(14)19/h3-6,12-13,17,24H,2,7-11H2,1H3/t17-/m1/s1. The van der Waals surface area contributed by atoms with Crippen LogP contribution in [0.15, 0.2) is 30.5 Å². The van der Waals surface area contributed by atoms with Gasteiger partial charge in [0.05, 0.1) is 18.8 Å². The molecule has 0 radical (unpaired) electrons. The third-order valence-electron chi connectivity index (χ3n) is 4.84. The molecule has 1 aromatic carbocycles. The minimum absolute atomic E-state index is 0.163. The first-order valence-corrected chi connectivity index (χ1v) is 8.69. The maximum atomic E-state index is 13.7. The van der Waals surface area contributed by atoms with Gasteiger partial charge in [-0.1, -0.05) is 30.3 Å². The Hall–Kier alpha value is -2.28. The van der Waals surface area contributed by atoms with Crippen LogP contribution in [0.1, 0.15) is 42.2 Å². The molecule has 134 valence electrons. The summed E-state index contributed by atoms with van der Waals surface area (Å²) in [7, 11) is 0. The summed E-state index contributed by atoms with van der Waals surface area (Å²) in [5.74, 6) is -0.211. The molecule has 2 heterocycles. The highest BCUT2D eigenvalue weighted by molar-refractivity contribution is 5.92. The van der Waals surface area contributed by atoms with Crippen molar-refractivity contribution in [2.75, 3.05) is 13.1 Å². The Bertz CT molecular complexity index is 725. The first-order valence-electron chi connectivity index (χ1n) is 8.69. The maximum Gasteiger partial charge on any atom is 0.276 e. The Balaban J connectivity index is 1.61. The zero-order valence-corrected chi connectivity index (χ0v) is 14.3. The number of piperidine rings is 1. The van der Waals surface area contributed by atoms with Crippen molar-refractivity contribution >= 4 is 5.91 Å². The van der Waals surface area contributed by atoms with Crippen molar-refractivity contribution in [3.8, 4) is 0 Å². The van der Waals surface area contributed by atoms with Crippen molar-refractivity contribution in [2.45, 2.75) is 38.8 Å². The van der Waals surface area contributed by atoms with Crippen LogP contribution in [0.4, 0.5) is 4.39 Å². The average molecular weight is 346 g/mol. The lowest BCUT2D eigenvalue weighted by Gasteiger charge is -2.33. The summed E-state index contributed by atoms with van der Waals surface area (Å²) in [5, 5.41) is 17.8. The number of halogens is 1. The number of amides is 1. The van der Waals surface area contributed by atoms with Crippen LogP contribution >= 0.6 is 0 Å². The fourth-order valence-corrected chi connectivity index (χ4v) is 3.26. The number of hydrogen-bond donors (Lipinski definition) is 1. The van der Waals surface area contributed by atoms with Gasteiger partial charge in [-0.05, 0) is 31.2 Å². The summed E-state index contributed by atoms with van der Waals surface area (Å²) in [6.45, 7) is 3.43. The second kappa shape index (κ2) is 7.74. The molecule has 1 aliphatic rings. The summed E-state index contributed by atoms with van der Waals surface area (Å²) in [6.07, 6.45) is 3.60. The van der Waals surface area contributed by atoms with Crippen molar-refractivity contribution in [1.82, 2.24) is 19.9 Å². The summed E-state index contributed by atoms with van der Waals surface area (Å²) in [4.78, 5) is 14.3. The van der Waals surface area contributed by atoms with Crippen LogP contribution in [-0.2, 0) is 6.54 Å². The Morgan fingerprint density at radius 3 is 2.76 bits per heavy atom. The third-order valence-corrected chi connectivity index (χ3v) is 4.84. The molecule has 0 saturated carbocycles. The highest BCUT2D eigenvalue weighted by Crippen LogP contribution is 2.23. The van der Waals surface area contributed by atoms with Crippen molar-refractivity contribution in [2.24, 2.45) is 5.92 Å². The topological polar surface area (TPSA) is 71.2 Å². The summed E-state index contributed by atoms with van der Waals surface area (Å²) in [5.41, 5.74) is 0.770. The highest BCUT2D eigenvalue weighted by atomic mass is 19.1. The molecule has 0 aliphatic carbocycles. The van der Waals surface area contributed by atoms with Crippen molar-refractivity contribution < 1.29 is 14.3 Å². The molecule has 1 atom stereocenters. The molecule has 0 unspecified atom stereocenters. The molecule has 1 aromatic heterocycles. The lowest BCUT2D eigenvalue weighted by atomic mass is 9.90. The summed E-state index contributed by atoms with van der Waals surface area (Å²) < 4.78 is 15.2. The van der Waals surface area contributed by atoms with Crippen LogP contribution in [0.25, 0.3) is 0 Å². The molecule has 1 amide bonds. The molecule has 2 aromatic rings. The van der Waals surface area contributed by atoms with E-state index in [1.54, 1.807) is 29.3 Å². The number of rotatable bonds is 5. The van der Waals surface area contributed by atoms with Gasteiger partial charge in [0.2, 0.25) is 0 Å². The van der Waals surface area contributed by atoms with E-state index in [0.717, 1.165) is 19.3 Å². The number of aromatic nitrogens is 3. The van der Waals surface area contributed by atoms with E-state index in [9.17, 15) is 14.3 Å². The molecule has 1 N–H and O–H groups in total. The van der Waals surface area contributed by atoms with E-state index in [-0.39, 0.29) is 36.0 Å². The Kier molecular flexibility index (Phi) is 5.43. The van der Waals surface area contributed by atoms with Crippen LogP contribution in [0.5, 0.6) is 0 Å². The predicted molar refractivity (Wildman–Crippen MR) is 90.4 cm³/mol. The fourth-order valence-electron chi connectivity index (χ4n) is 3.26. The molecule has 0 spiro atoms. The number of carbonyl (C=O) groups excluding carboxylic acids is 1. The summed E-state index contributed by atoms with van der Waals surface area (Å²) in [6, 6.07) is 6.47. The fraction of sp³-hybridized carbons (Fsp3) is 0.500. The molecule has 1 aliphatic heterocycles. The van der Waals surface area contributed by atoms with E-state index in [0.29, 0.717) is 18.7 Å². The van der Waals surface area contributed by atoms with E-state index in [4.69, 9.17) is 0 Å². The zero-order chi connectivity index (χ0) is 17.8. The van der Waals surface area contributed by atoms with Crippen LogP contribution in [0.2, 0.25) is 0 Å². The van der Waals surface area contributed by atoms with Gasteiger partial charge in [0.25, 0.3) is 5.91 Å². The van der Waals surface area contributed by atoms with Crippen LogP contribution in [0.3, 0.4) is 0 Å². The molecule has 1 saturated heterocycles. The Labute approximate surface area is 146 Å². The Morgan fingerprint density at radius 2 is 2.08 bits per heavy atom. The van der Waals surface area contributed by atoms with Gasteiger partial charge in [-0.2, -0.15) is 0 Å². The van der Waals surface area contributed by atoms with Crippen molar-refractivity contribution in [3.63, 3.8) is 0 Å². The molecule has 1 fully saturated rings. The van der Waals surface area contributed by atoms with Gasteiger partial charge >= 0.3 is 0 Å².